The molecule has 13 nitrogen and oxygen atoms in total. The van der Waals surface area contributed by atoms with E-state index in [1.807, 2.05) is 94.0 Å². The zero-order valence-electron chi connectivity index (χ0n) is 28.5. The summed E-state index contributed by atoms with van der Waals surface area (Å²) in [6.07, 6.45) is 0.779. The fraction of sp³-hybridized carbons (Fsp3) is 0.406. The van der Waals surface area contributed by atoms with Crippen LogP contribution in [0.1, 0.15) is 60.3 Å². The predicted octanol–water partition coefficient (Wildman–Crippen LogP) is 5.12. The van der Waals surface area contributed by atoms with E-state index in [1.54, 1.807) is 13.0 Å². The molecule has 2 aromatic rings. The molecule has 0 bridgehead atoms. The first-order chi connectivity index (χ1) is 23.2. The summed E-state index contributed by atoms with van der Waals surface area (Å²) in [6.45, 7) is 6.05. The fourth-order valence-corrected chi connectivity index (χ4v) is 6.18. The number of benzene rings is 2. The third-order valence-corrected chi connectivity index (χ3v) is 9.62. The highest BCUT2D eigenvalue weighted by Crippen LogP contribution is 2.16. The maximum atomic E-state index is 11.6. The number of nitrogens with one attached hydrogen (secondary N) is 1. The van der Waals surface area contributed by atoms with E-state index in [9.17, 15) is 40.8 Å². The van der Waals surface area contributed by atoms with Crippen molar-refractivity contribution in [2.45, 2.75) is 70.1 Å². The Bertz CT molecular complexity index is 1630. The first-order valence-electron chi connectivity index (χ1n) is 14.5. The number of amides is 2. The van der Waals surface area contributed by atoms with Gasteiger partial charge in [0.25, 0.3) is 0 Å². The minimum atomic E-state index is -3.77. The molecular formula is C32H43IN4O9S4. The summed E-state index contributed by atoms with van der Waals surface area (Å²) in [5.74, 6) is -1.95. The SMILES string of the molecule is CC(=O)CCCS(=O)(=O)N(CC#N)C(C)=O.CC(=O)CCCS(=O)(=O)NC(C)=O.CC(=O)Sc1ccccc1.N#CCI.Sc1ccccc1. The van der Waals surface area contributed by atoms with Gasteiger partial charge in [-0.15, -0.1) is 12.6 Å². The van der Waals surface area contributed by atoms with Gasteiger partial charge in [0.15, 0.2) is 5.12 Å². The molecular weight excluding hydrogens is 840 g/mol. The van der Waals surface area contributed by atoms with Gasteiger partial charge in [0, 0.05) is 43.4 Å². The van der Waals surface area contributed by atoms with Crippen LogP contribution in [0.15, 0.2) is 70.5 Å². The van der Waals surface area contributed by atoms with Crippen molar-refractivity contribution in [3.8, 4) is 12.1 Å². The fourth-order valence-electron chi connectivity index (χ4n) is 2.95. The molecule has 276 valence electrons. The summed E-state index contributed by atoms with van der Waals surface area (Å²) >= 11 is 7.33. The van der Waals surface area contributed by atoms with Crippen molar-refractivity contribution < 1.29 is 40.8 Å². The average Bonchev–Trinajstić information content (AvgIpc) is 3.00. The Labute approximate surface area is 319 Å². The van der Waals surface area contributed by atoms with E-state index in [4.69, 9.17) is 10.5 Å². The van der Waals surface area contributed by atoms with Gasteiger partial charge in [0.1, 0.15) is 18.1 Å². The lowest BCUT2D eigenvalue weighted by Crippen LogP contribution is -2.37. The summed E-state index contributed by atoms with van der Waals surface area (Å²) < 4.78 is 48.1. The van der Waals surface area contributed by atoms with Crippen LogP contribution in [0.2, 0.25) is 0 Å². The topological polar surface area (TPSA) is 216 Å². The van der Waals surface area contributed by atoms with E-state index < -0.39 is 38.4 Å². The zero-order valence-corrected chi connectivity index (χ0v) is 34.0. The molecule has 0 atom stereocenters. The third kappa shape index (κ3) is 34.6. The van der Waals surface area contributed by atoms with Gasteiger partial charge in [-0.2, -0.15) is 10.5 Å². The summed E-state index contributed by atoms with van der Waals surface area (Å²) in [6, 6.07) is 22.9. The molecule has 0 aliphatic rings. The van der Waals surface area contributed by atoms with E-state index in [-0.39, 0.29) is 53.9 Å². The lowest BCUT2D eigenvalue weighted by Gasteiger charge is -2.17. The van der Waals surface area contributed by atoms with Crippen LogP contribution >= 0.6 is 47.0 Å². The number of ketones is 2. The molecule has 0 saturated carbocycles. The first kappa shape index (κ1) is 51.1. The van der Waals surface area contributed by atoms with Crippen LogP contribution in [0, 0.1) is 22.7 Å². The van der Waals surface area contributed by atoms with Crippen LogP contribution in [0.5, 0.6) is 0 Å². The summed E-state index contributed by atoms with van der Waals surface area (Å²) in [4.78, 5) is 55.1. The molecule has 0 spiro atoms. The Morgan fingerprint density at radius 1 is 0.780 bits per heavy atom. The monoisotopic (exact) mass is 882 g/mol. The molecule has 0 aliphatic heterocycles. The molecule has 0 fully saturated rings. The Morgan fingerprint density at radius 3 is 1.54 bits per heavy atom. The Hall–Kier alpha value is -3.30. The number of carbonyl (C=O) groups is 5. The van der Waals surface area contributed by atoms with Crippen LogP contribution in [0.25, 0.3) is 0 Å². The number of nitriles is 2. The number of rotatable bonds is 12. The van der Waals surface area contributed by atoms with E-state index in [0.29, 0.717) is 8.73 Å². The van der Waals surface area contributed by atoms with Crippen LogP contribution in [-0.2, 0) is 44.0 Å². The second-order valence-corrected chi connectivity index (χ2v) is 16.0. The number of Topliss-reactive ketones (excluding diaryl/α,β-unsaturated/α-hetero) is 2. The molecule has 0 radical (unpaired) electrons. The number of nitrogens with zero attached hydrogens (tertiary/aromatic N) is 3. The van der Waals surface area contributed by atoms with Gasteiger partial charge in [0.05, 0.1) is 28.1 Å². The molecule has 18 heteroatoms. The van der Waals surface area contributed by atoms with Crippen molar-refractivity contribution in [2.24, 2.45) is 0 Å². The molecule has 0 aromatic heterocycles. The molecule has 0 saturated heterocycles. The number of thiol groups is 1. The highest BCUT2D eigenvalue weighted by atomic mass is 127. The van der Waals surface area contributed by atoms with Gasteiger partial charge in [-0.1, -0.05) is 70.8 Å². The van der Waals surface area contributed by atoms with Crippen molar-refractivity contribution in [3.05, 3.63) is 60.7 Å². The van der Waals surface area contributed by atoms with Gasteiger partial charge in [-0.05, 0) is 51.0 Å². The van der Waals surface area contributed by atoms with Crippen molar-refractivity contribution in [1.82, 2.24) is 9.03 Å². The summed E-state index contributed by atoms with van der Waals surface area (Å²) in [5.41, 5.74) is 0. The average molecular weight is 883 g/mol. The van der Waals surface area contributed by atoms with Gasteiger partial charge in [0.2, 0.25) is 31.9 Å². The van der Waals surface area contributed by atoms with Crippen molar-refractivity contribution >= 4 is 95.5 Å². The minimum absolute atomic E-state index is 0.0574. The molecule has 2 aromatic carbocycles. The second kappa shape index (κ2) is 30.5. The number of thioether (sulfide) groups is 1. The van der Waals surface area contributed by atoms with Gasteiger partial charge >= 0.3 is 0 Å². The smallest absolute Gasteiger partial charge is 0.238 e. The number of alkyl halides is 1. The molecule has 2 amide bonds. The van der Waals surface area contributed by atoms with Gasteiger partial charge in [-0.3, -0.25) is 19.1 Å². The van der Waals surface area contributed by atoms with Crippen LogP contribution in [0.3, 0.4) is 0 Å². The second-order valence-electron chi connectivity index (χ2n) is 9.62. The lowest BCUT2D eigenvalue weighted by molar-refractivity contribution is -0.124. The molecule has 0 heterocycles. The van der Waals surface area contributed by atoms with Crippen LogP contribution in [-0.4, -0.2) is 72.1 Å². The van der Waals surface area contributed by atoms with E-state index in [2.05, 4.69) is 12.6 Å². The lowest BCUT2D eigenvalue weighted by atomic mass is 10.3. The van der Waals surface area contributed by atoms with Crippen LogP contribution < -0.4 is 4.72 Å². The number of carbonyl (C=O) groups excluding carboxylic acids is 5. The van der Waals surface area contributed by atoms with Crippen molar-refractivity contribution in [2.75, 3.05) is 22.5 Å². The van der Waals surface area contributed by atoms with Gasteiger partial charge in [-0.25, -0.2) is 21.1 Å². The number of sulfonamides is 2. The zero-order chi connectivity index (χ0) is 39.2. The minimum Gasteiger partial charge on any atom is -0.300 e. The summed E-state index contributed by atoms with van der Waals surface area (Å²) in [7, 11) is -7.30. The van der Waals surface area contributed by atoms with E-state index >= 15 is 0 Å². The molecule has 2 rings (SSSR count). The molecule has 50 heavy (non-hydrogen) atoms. The number of hydrogen-bond donors (Lipinski definition) is 2. The molecule has 0 aliphatic carbocycles. The Morgan fingerprint density at radius 2 is 1.22 bits per heavy atom. The quantitative estimate of drug-likeness (QED) is 0.0934. The largest absolute Gasteiger partial charge is 0.300 e. The maximum absolute atomic E-state index is 11.6. The maximum Gasteiger partial charge on any atom is 0.238 e. The molecule has 0 unspecified atom stereocenters. The number of hydrogen-bond acceptors (Lipinski definition) is 13. The predicted molar refractivity (Wildman–Crippen MR) is 205 cm³/mol. The molecule has 1 N–H and O–H groups in total. The summed E-state index contributed by atoms with van der Waals surface area (Å²) in [5, 5.41) is 16.1. The standard InChI is InChI=1S/C9H14N2O4S.C8H8OS.C7H13NO4S.C6H6S.C2H2IN/c1-8(12)4-3-7-16(14,15)11(6-5-10)9(2)13;1-7(9)10-8-5-3-2-4-6-8;1-6(9)4-3-5-13(11,12)8-7(2)10;7-6-4-2-1-3-5-6;3-1-2-4/h3-4,6-7H2,1-2H3;2-6H,1H3;3-5H2,1-2H3,(H,8,10);1-5,7H;1H2. The normalized spacial score (nSPS) is 9.70. The third-order valence-electron chi connectivity index (χ3n) is 4.89. The highest BCUT2D eigenvalue weighted by molar-refractivity contribution is 14.1. The highest BCUT2D eigenvalue weighted by Gasteiger charge is 2.23. The van der Waals surface area contributed by atoms with Gasteiger partial charge < -0.3 is 9.59 Å². The van der Waals surface area contributed by atoms with E-state index in [0.717, 1.165) is 23.6 Å². The Balaban J connectivity index is -0.000000584. The first-order valence-corrected chi connectivity index (χ1v) is 20.6. The Kier molecular flexibility index (Phi) is 31.2. The van der Waals surface area contributed by atoms with E-state index in [1.165, 1.54) is 25.6 Å². The van der Waals surface area contributed by atoms with Crippen LogP contribution in [0.4, 0.5) is 0 Å². The number of halogens is 1. The van der Waals surface area contributed by atoms with Crippen molar-refractivity contribution in [3.63, 3.8) is 0 Å². The van der Waals surface area contributed by atoms with Crippen molar-refractivity contribution in [1.29, 1.82) is 10.5 Å².